The second-order valence-corrected chi connectivity index (χ2v) is 5.68. The van der Waals surface area contributed by atoms with E-state index in [1.54, 1.807) is 0 Å². The van der Waals surface area contributed by atoms with Crippen LogP contribution in [0.2, 0.25) is 0 Å². The summed E-state index contributed by atoms with van der Waals surface area (Å²) < 4.78 is 17.1. The molecule has 6 heteroatoms. The van der Waals surface area contributed by atoms with Gasteiger partial charge in [0.2, 0.25) is 5.89 Å². The molecule has 1 unspecified atom stereocenters. The zero-order chi connectivity index (χ0) is 16.1. The van der Waals surface area contributed by atoms with Crippen molar-refractivity contribution in [2.75, 3.05) is 19.7 Å². The number of ether oxygens (including phenoxy) is 2. The highest BCUT2D eigenvalue weighted by molar-refractivity contribution is 5.40. The lowest BCUT2D eigenvalue weighted by atomic mass is 10.2. The monoisotopic (exact) mass is 317 g/mol. The number of rotatable bonds is 7. The molecular weight excluding hydrogens is 294 g/mol. The van der Waals surface area contributed by atoms with Crippen molar-refractivity contribution in [1.82, 2.24) is 15.0 Å². The molecule has 0 spiro atoms. The normalized spacial score (nSPS) is 16.7. The van der Waals surface area contributed by atoms with E-state index < -0.39 is 0 Å². The van der Waals surface area contributed by atoms with Crippen LogP contribution in [0.5, 0.6) is 11.5 Å². The van der Waals surface area contributed by atoms with Crippen LogP contribution < -0.4 is 9.47 Å². The quantitative estimate of drug-likeness (QED) is 0.782. The van der Waals surface area contributed by atoms with Gasteiger partial charge in [-0.1, -0.05) is 31.1 Å². The summed E-state index contributed by atoms with van der Waals surface area (Å²) in [6.07, 6.45) is 1.87. The third-order valence-corrected chi connectivity index (χ3v) is 3.82. The second-order valence-electron chi connectivity index (χ2n) is 5.68. The fourth-order valence-electron chi connectivity index (χ4n) is 2.62. The Morgan fingerprint density at radius 3 is 2.83 bits per heavy atom. The van der Waals surface area contributed by atoms with Gasteiger partial charge < -0.3 is 14.0 Å². The summed E-state index contributed by atoms with van der Waals surface area (Å²) in [6, 6.07) is 7.77. The zero-order valence-corrected chi connectivity index (χ0v) is 13.7. The Morgan fingerprint density at radius 1 is 1.22 bits per heavy atom. The molecule has 2 heterocycles. The summed E-state index contributed by atoms with van der Waals surface area (Å²) in [5.41, 5.74) is 0. The maximum Gasteiger partial charge on any atom is 0.240 e. The average molecular weight is 317 g/mol. The van der Waals surface area contributed by atoms with Crippen molar-refractivity contribution < 1.29 is 14.0 Å². The van der Waals surface area contributed by atoms with E-state index in [1.165, 1.54) is 0 Å². The molecule has 0 amide bonds. The highest BCUT2D eigenvalue weighted by Gasteiger charge is 2.23. The average Bonchev–Trinajstić information content (AvgIpc) is 3.01. The molecule has 6 nitrogen and oxygen atoms in total. The van der Waals surface area contributed by atoms with Crippen LogP contribution in [0, 0.1) is 0 Å². The fourth-order valence-corrected chi connectivity index (χ4v) is 2.62. The summed E-state index contributed by atoms with van der Waals surface area (Å²) in [7, 11) is 0. The third-order valence-electron chi connectivity index (χ3n) is 3.82. The van der Waals surface area contributed by atoms with Gasteiger partial charge in [0, 0.05) is 13.0 Å². The minimum atomic E-state index is 0.00267. The van der Waals surface area contributed by atoms with Gasteiger partial charge in [0.05, 0.1) is 6.54 Å². The van der Waals surface area contributed by atoms with Crippen LogP contribution in [0.15, 0.2) is 28.8 Å². The van der Waals surface area contributed by atoms with Gasteiger partial charge in [-0.3, -0.25) is 4.90 Å². The van der Waals surface area contributed by atoms with Crippen molar-refractivity contribution in [1.29, 1.82) is 0 Å². The number of fused-ring (bicyclic) bond motifs is 1. The lowest BCUT2D eigenvalue weighted by molar-refractivity contribution is 0.0551. The van der Waals surface area contributed by atoms with E-state index in [0.717, 1.165) is 43.3 Å². The number of hydrogen-bond donors (Lipinski definition) is 0. The van der Waals surface area contributed by atoms with Crippen molar-refractivity contribution in [2.24, 2.45) is 0 Å². The first-order valence-corrected chi connectivity index (χ1v) is 8.20. The van der Waals surface area contributed by atoms with Crippen molar-refractivity contribution in [3.8, 4) is 11.5 Å². The van der Waals surface area contributed by atoms with Crippen molar-refractivity contribution in [2.45, 2.75) is 39.3 Å². The van der Waals surface area contributed by atoms with Gasteiger partial charge in [-0.2, -0.15) is 4.98 Å². The first-order chi connectivity index (χ1) is 11.3. The second kappa shape index (κ2) is 7.46. The van der Waals surface area contributed by atoms with E-state index in [4.69, 9.17) is 14.0 Å². The predicted octanol–water partition coefficient (Wildman–Crippen LogP) is 2.68. The highest BCUT2D eigenvalue weighted by Crippen LogP contribution is 2.31. The summed E-state index contributed by atoms with van der Waals surface area (Å²) in [5.74, 6) is 3.06. The van der Waals surface area contributed by atoms with E-state index >= 15 is 0 Å². The van der Waals surface area contributed by atoms with Crippen LogP contribution in [0.3, 0.4) is 0 Å². The number of benzene rings is 1. The molecule has 0 bridgehead atoms. The van der Waals surface area contributed by atoms with E-state index in [-0.39, 0.29) is 6.10 Å². The molecule has 0 saturated heterocycles. The Hall–Kier alpha value is -2.08. The molecule has 23 heavy (non-hydrogen) atoms. The maximum atomic E-state index is 6.01. The minimum absolute atomic E-state index is 0.00267. The number of likely N-dealkylation sites (N-methyl/N-ethyl adjacent to an activating group) is 1. The number of aromatic nitrogens is 2. The molecular formula is C17H23N3O3. The summed E-state index contributed by atoms with van der Waals surface area (Å²) in [5, 5.41) is 4.00. The zero-order valence-electron chi connectivity index (χ0n) is 13.7. The first kappa shape index (κ1) is 15.8. The van der Waals surface area contributed by atoms with Crippen molar-refractivity contribution in [3.05, 3.63) is 36.0 Å². The molecule has 3 rings (SSSR count). The molecule has 124 valence electrons. The number of nitrogens with zero attached hydrogens (tertiary/aromatic N) is 3. The van der Waals surface area contributed by atoms with Gasteiger partial charge in [0.1, 0.15) is 12.7 Å². The van der Waals surface area contributed by atoms with Crippen LogP contribution in [0.25, 0.3) is 0 Å². The van der Waals surface area contributed by atoms with E-state index in [1.807, 2.05) is 24.3 Å². The molecule has 0 radical (unpaired) electrons. The van der Waals surface area contributed by atoms with Gasteiger partial charge in [-0.25, -0.2) is 0 Å². The van der Waals surface area contributed by atoms with Gasteiger partial charge in [-0.15, -0.1) is 0 Å². The van der Waals surface area contributed by atoms with Gasteiger partial charge in [0.15, 0.2) is 17.3 Å². The Morgan fingerprint density at radius 2 is 2.04 bits per heavy atom. The molecule has 1 aromatic carbocycles. The molecule has 0 fully saturated rings. The van der Waals surface area contributed by atoms with Crippen LogP contribution in [0.4, 0.5) is 0 Å². The van der Waals surface area contributed by atoms with E-state index in [0.29, 0.717) is 19.0 Å². The van der Waals surface area contributed by atoms with Gasteiger partial charge in [-0.05, 0) is 25.1 Å². The Balaban J connectivity index is 1.57. The molecule has 1 aliphatic heterocycles. The lowest BCUT2D eigenvalue weighted by Crippen LogP contribution is -2.40. The molecule has 1 aromatic heterocycles. The predicted molar refractivity (Wildman–Crippen MR) is 85.6 cm³/mol. The summed E-state index contributed by atoms with van der Waals surface area (Å²) in [6.45, 7) is 7.05. The topological polar surface area (TPSA) is 60.6 Å². The van der Waals surface area contributed by atoms with Crippen molar-refractivity contribution in [3.63, 3.8) is 0 Å². The van der Waals surface area contributed by atoms with Gasteiger partial charge >= 0.3 is 0 Å². The molecule has 0 aliphatic carbocycles. The van der Waals surface area contributed by atoms with Crippen molar-refractivity contribution >= 4 is 0 Å². The van der Waals surface area contributed by atoms with E-state index in [2.05, 4.69) is 28.9 Å². The van der Waals surface area contributed by atoms with Crippen LogP contribution in [-0.2, 0) is 13.0 Å². The molecule has 1 atom stereocenters. The van der Waals surface area contributed by atoms with Crippen LogP contribution >= 0.6 is 0 Å². The smallest absolute Gasteiger partial charge is 0.240 e. The Kier molecular flexibility index (Phi) is 5.12. The van der Waals surface area contributed by atoms with E-state index in [9.17, 15) is 0 Å². The minimum Gasteiger partial charge on any atom is -0.486 e. The largest absolute Gasteiger partial charge is 0.486 e. The molecule has 0 N–H and O–H groups in total. The maximum absolute atomic E-state index is 6.01. The first-order valence-electron chi connectivity index (χ1n) is 8.20. The van der Waals surface area contributed by atoms with Crippen LogP contribution in [0.1, 0.15) is 32.0 Å². The highest BCUT2D eigenvalue weighted by atomic mass is 16.6. The lowest BCUT2D eigenvalue weighted by Gasteiger charge is -2.30. The Labute approximate surface area is 136 Å². The number of para-hydroxylation sites is 2. The SMILES string of the molecule is CCCc1noc(CN(CC)CC2COc3ccccc3O2)n1. The standard InChI is InChI=1S/C17H23N3O3/c1-3-7-16-18-17(23-19-16)11-20(4-2)10-13-12-21-14-8-5-6-9-15(14)22-13/h5-6,8-9,13H,3-4,7,10-12H2,1-2H3. The molecule has 2 aromatic rings. The molecule has 0 saturated carbocycles. The summed E-state index contributed by atoms with van der Waals surface area (Å²) >= 11 is 0. The number of aryl methyl sites for hydroxylation is 1. The fraction of sp³-hybridized carbons (Fsp3) is 0.529. The third kappa shape index (κ3) is 4.01. The summed E-state index contributed by atoms with van der Waals surface area (Å²) in [4.78, 5) is 6.65. The van der Waals surface area contributed by atoms with Crippen LogP contribution in [-0.4, -0.2) is 40.8 Å². The Bertz CT molecular complexity index is 629. The number of hydrogen-bond acceptors (Lipinski definition) is 6. The van der Waals surface area contributed by atoms with Gasteiger partial charge in [0.25, 0.3) is 0 Å². The molecule has 1 aliphatic rings.